The summed E-state index contributed by atoms with van der Waals surface area (Å²) in [6.45, 7) is 1.81. The molecule has 0 aliphatic carbocycles. The van der Waals surface area contributed by atoms with Gasteiger partial charge in [0.25, 0.3) is 0 Å². The normalized spacial score (nSPS) is 14.7. The summed E-state index contributed by atoms with van der Waals surface area (Å²) in [6.07, 6.45) is -1.00. The SMILES string of the molecule is Cc1ccc(S(=O)(=O)NC(O)C=NP(N)(N)=O)cc1. The molecule has 106 valence electrons. The third kappa shape index (κ3) is 5.60. The van der Waals surface area contributed by atoms with E-state index in [1.807, 2.05) is 11.6 Å². The zero-order valence-electron chi connectivity index (χ0n) is 10.1. The third-order valence-electron chi connectivity index (χ3n) is 2.00. The van der Waals surface area contributed by atoms with Crippen molar-refractivity contribution in [2.24, 2.45) is 15.8 Å². The van der Waals surface area contributed by atoms with E-state index in [0.29, 0.717) is 6.21 Å². The number of aliphatic hydroxyl groups excluding tert-OH is 1. The summed E-state index contributed by atoms with van der Waals surface area (Å²) in [5.74, 6) is 0. The molecule has 0 aliphatic heterocycles. The van der Waals surface area contributed by atoms with E-state index in [-0.39, 0.29) is 4.90 Å². The van der Waals surface area contributed by atoms with E-state index in [9.17, 15) is 18.1 Å². The molecule has 1 aromatic rings. The van der Waals surface area contributed by atoms with Crippen molar-refractivity contribution in [3.05, 3.63) is 29.8 Å². The Balaban J connectivity index is 2.83. The minimum Gasteiger partial charge on any atom is -0.372 e. The van der Waals surface area contributed by atoms with Crippen LogP contribution >= 0.6 is 7.59 Å². The van der Waals surface area contributed by atoms with Crippen molar-refractivity contribution in [2.75, 3.05) is 0 Å². The summed E-state index contributed by atoms with van der Waals surface area (Å²) in [5, 5.41) is 9.39. The van der Waals surface area contributed by atoms with Crippen molar-refractivity contribution < 1.29 is 18.1 Å². The molecule has 1 aromatic carbocycles. The quantitative estimate of drug-likeness (QED) is 0.333. The first-order valence-electron chi connectivity index (χ1n) is 5.10. The van der Waals surface area contributed by atoms with Gasteiger partial charge in [-0.3, -0.25) is 15.6 Å². The van der Waals surface area contributed by atoms with Gasteiger partial charge in [0, 0.05) is 0 Å². The first-order chi connectivity index (χ1) is 8.60. The summed E-state index contributed by atoms with van der Waals surface area (Å²) in [4.78, 5) is -0.0192. The van der Waals surface area contributed by atoms with Gasteiger partial charge in [-0.25, -0.2) is 13.2 Å². The number of benzene rings is 1. The number of sulfonamides is 1. The highest BCUT2D eigenvalue weighted by Crippen LogP contribution is 2.25. The molecule has 1 unspecified atom stereocenters. The predicted molar refractivity (Wildman–Crippen MR) is 72.0 cm³/mol. The summed E-state index contributed by atoms with van der Waals surface area (Å²) >= 11 is 0. The second-order valence-electron chi connectivity index (χ2n) is 3.82. The van der Waals surface area contributed by atoms with Gasteiger partial charge in [0.2, 0.25) is 10.0 Å². The maximum absolute atomic E-state index is 11.8. The standard InChI is InChI=1S/C9H15N4O4PS/c1-7-2-4-8(5-3-7)19(16,17)13-9(14)6-12-18(10,11)15/h2-6,9,13-14H,1H3,(H4,10,11,15). The zero-order chi connectivity index (χ0) is 14.7. The van der Waals surface area contributed by atoms with Crippen LogP contribution in [-0.4, -0.2) is 26.0 Å². The predicted octanol–water partition coefficient (Wildman–Crippen LogP) is -0.312. The number of nitrogens with zero attached hydrogens (tertiary/aromatic N) is 1. The molecule has 0 amide bonds. The molecular formula is C9H15N4O4PS. The van der Waals surface area contributed by atoms with Gasteiger partial charge in [-0.1, -0.05) is 17.7 Å². The number of aryl methyl sites for hydroxylation is 1. The average Bonchev–Trinajstić information content (AvgIpc) is 2.25. The molecule has 1 atom stereocenters. The highest BCUT2D eigenvalue weighted by Gasteiger charge is 2.17. The van der Waals surface area contributed by atoms with Gasteiger partial charge in [-0.2, -0.15) is 4.72 Å². The third-order valence-corrected chi connectivity index (χ3v) is 3.93. The van der Waals surface area contributed by atoms with Crippen LogP contribution < -0.4 is 15.7 Å². The number of nitrogens with one attached hydrogen (secondary N) is 1. The summed E-state index contributed by atoms with van der Waals surface area (Å²) in [6, 6.07) is 6.00. The van der Waals surface area contributed by atoms with Crippen molar-refractivity contribution in [1.29, 1.82) is 0 Å². The van der Waals surface area contributed by atoms with Gasteiger partial charge in [0.15, 0.2) is 6.23 Å². The molecule has 19 heavy (non-hydrogen) atoms. The Morgan fingerprint density at radius 3 is 2.37 bits per heavy atom. The topological polar surface area (TPSA) is 148 Å². The van der Waals surface area contributed by atoms with Crippen LogP contribution in [-0.2, 0) is 14.6 Å². The summed E-state index contributed by atoms with van der Waals surface area (Å²) < 4.78 is 39.6. The van der Waals surface area contributed by atoms with Crippen LogP contribution in [0, 0.1) is 6.92 Å². The lowest BCUT2D eigenvalue weighted by Gasteiger charge is -2.10. The summed E-state index contributed by atoms with van der Waals surface area (Å²) in [7, 11) is -7.60. The van der Waals surface area contributed by atoms with E-state index in [2.05, 4.69) is 4.76 Å². The minimum atomic E-state index is -3.91. The number of hydrogen-bond acceptors (Lipinski definition) is 4. The Kier molecular flexibility index (Phi) is 4.97. The van der Waals surface area contributed by atoms with Crippen LogP contribution in [0.25, 0.3) is 0 Å². The maximum atomic E-state index is 11.8. The molecule has 0 radical (unpaired) electrons. The Labute approximate surface area is 111 Å². The largest absolute Gasteiger partial charge is 0.372 e. The van der Waals surface area contributed by atoms with E-state index in [0.717, 1.165) is 5.56 Å². The molecule has 1 rings (SSSR count). The molecule has 0 fully saturated rings. The molecule has 10 heteroatoms. The monoisotopic (exact) mass is 306 g/mol. The van der Waals surface area contributed by atoms with E-state index in [1.165, 1.54) is 12.1 Å². The fourth-order valence-corrected chi connectivity index (χ4v) is 2.49. The molecule has 0 spiro atoms. The summed E-state index contributed by atoms with van der Waals surface area (Å²) in [5.41, 5.74) is 10.7. The fourth-order valence-electron chi connectivity index (χ4n) is 1.14. The number of nitrogens with two attached hydrogens (primary N) is 2. The van der Waals surface area contributed by atoms with Crippen molar-refractivity contribution in [3.63, 3.8) is 0 Å². The molecular weight excluding hydrogens is 291 g/mol. The number of hydrogen-bond donors (Lipinski definition) is 4. The molecule has 0 heterocycles. The molecule has 0 saturated heterocycles. The Morgan fingerprint density at radius 2 is 1.89 bits per heavy atom. The van der Waals surface area contributed by atoms with E-state index in [4.69, 9.17) is 11.0 Å². The number of rotatable bonds is 5. The Bertz CT molecular complexity index is 608. The highest BCUT2D eigenvalue weighted by atomic mass is 32.2. The molecule has 0 aromatic heterocycles. The van der Waals surface area contributed by atoms with Crippen molar-refractivity contribution in [2.45, 2.75) is 18.0 Å². The molecule has 0 saturated carbocycles. The lowest BCUT2D eigenvalue weighted by molar-refractivity contribution is 0.235. The van der Waals surface area contributed by atoms with E-state index >= 15 is 0 Å². The number of aliphatic hydroxyl groups is 1. The molecule has 6 N–H and O–H groups in total. The molecule has 8 nitrogen and oxygen atoms in total. The van der Waals surface area contributed by atoms with Crippen molar-refractivity contribution in [1.82, 2.24) is 4.72 Å². The van der Waals surface area contributed by atoms with E-state index < -0.39 is 23.8 Å². The lowest BCUT2D eigenvalue weighted by atomic mass is 10.2. The fraction of sp³-hybridized carbons (Fsp3) is 0.222. The van der Waals surface area contributed by atoms with Gasteiger partial charge in [-0.15, -0.1) is 0 Å². The van der Waals surface area contributed by atoms with Crippen LogP contribution in [0.3, 0.4) is 0 Å². The van der Waals surface area contributed by atoms with Gasteiger partial charge < -0.3 is 5.11 Å². The van der Waals surface area contributed by atoms with Crippen LogP contribution in [0.5, 0.6) is 0 Å². The lowest BCUT2D eigenvalue weighted by Crippen LogP contribution is -2.35. The van der Waals surface area contributed by atoms with Gasteiger partial charge in [0.1, 0.15) is 0 Å². The molecule has 0 aliphatic rings. The second-order valence-corrected chi connectivity index (χ2v) is 7.11. The average molecular weight is 306 g/mol. The first kappa shape index (κ1) is 16.0. The van der Waals surface area contributed by atoms with Crippen molar-refractivity contribution in [3.8, 4) is 0 Å². The smallest absolute Gasteiger partial charge is 0.318 e. The second kappa shape index (κ2) is 5.91. The van der Waals surface area contributed by atoms with Crippen LogP contribution in [0.1, 0.15) is 5.56 Å². The van der Waals surface area contributed by atoms with Crippen LogP contribution in [0.2, 0.25) is 0 Å². The zero-order valence-corrected chi connectivity index (χ0v) is 11.8. The highest BCUT2D eigenvalue weighted by molar-refractivity contribution is 7.89. The van der Waals surface area contributed by atoms with Crippen molar-refractivity contribution >= 4 is 23.8 Å². The van der Waals surface area contributed by atoms with Gasteiger partial charge in [0.05, 0.1) is 11.1 Å². The molecule has 0 bridgehead atoms. The van der Waals surface area contributed by atoms with E-state index in [1.54, 1.807) is 12.1 Å². The van der Waals surface area contributed by atoms with Crippen LogP contribution in [0.4, 0.5) is 0 Å². The maximum Gasteiger partial charge on any atom is 0.318 e. The van der Waals surface area contributed by atoms with Gasteiger partial charge in [-0.05, 0) is 19.1 Å². The Hall–Kier alpha value is -1.09. The Morgan fingerprint density at radius 1 is 1.37 bits per heavy atom. The first-order valence-corrected chi connectivity index (χ1v) is 8.38. The van der Waals surface area contributed by atoms with Crippen LogP contribution in [0.15, 0.2) is 33.9 Å². The van der Waals surface area contributed by atoms with Gasteiger partial charge >= 0.3 is 7.59 Å². The minimum absolute atomic E-state index is 0.0192.